The number of benzene rings is 2. The molecule has 0 spiro atoms. The van der Waals surface area contributed by atoms with E-state index in [9.17, 15) is 18.8 Å². The molecule has 208 valence electrons. The lowest BCUT2D eigenvalue weighted by Gasteiger charge is -2.37. The number of halogens is 1. The minimum atomic E-state index is -0.589. The number of nitrogens with one attached hydrogen (secondary N) is 1. The monoisotopic (exact) mass is 537 g/mol. The van der Waals surface area contributed by atoms with E-state index < -0.39 is 17.3 Å². The fourth-order valence-corrected chi connectivity index (χ4v) is 5.01. The van der Waals surface area contributed by atoms with Gasteiger partial charge in [-0.1, -0.05) is 17.7 Å². The van der Waals surface area contributed by atoms with Crippen molar-refractivity contribution in [2.75, 3.05) is 50.8 Å². The molecule has 9 nitrogen and oxygen atoms in total. The van der Waals surface area contributed by atoms with Gasteiger partial charge in [-0.15, -0.1) is 0 Å². The van der Waals surface area contributed by atoms with Gasteiger partial charge in [0.15, 0.2) is 0 Å². The van der Waals surface area contributed by atoms with Crippen LogP contribution in [0.3, 0.4) is 0 Å². The number of carbonyl (C=O) groups excluding carboxylic acids is 2. The molecule has 1 amide bonds. The molecule has 0 aliphatic carbocycles. The van der Waals surface area contributed by atoms with Crippen LogP contribution in [0.2, 0.25) is 0 Å². The van der Waals surface area contributed by atoms with E-state index in [0.717, 1.165) is 49.9 Å². The van der Waals surface area contributed by atoms with E-state index >= 15 is 0 Å². The number of anilines is 1. The predicted octanol–water partition coefficient (Wildman–Crippen LogP) is 2.59. The topological polar surface area (TPSA) is 96.8 Å². The van der Waals surface area contributed by atoms with Gasteiger partial charge in [0.1, 0.15) is 12.4 Å². The Morgan fingerprint density at radius 3 is 2.54 bits per heavy atom. The number of aryl methyl sites for hydroxylation is 2. The molecule has 0 radical (unpaired) electrons. The molecule has 4 rings (SSSR count). The molecule has 0 saturated carbocycles. The van der Waals surface area contributed by atoms with Crippen molar-refractivity contribution in [2.45, 2.75) is 40.2 Å². The lowest BCUT2D eigenvalue weighted by molar-refractivity contribution is -0.142. The summed E-state index contributed by atoms with van der Waals surface area (Å²) in [6.45, 7) is 11.0. The standard InChI is InChI=1S/C29H36FN5O4/c1-4-39-28(37)18-25-23-8-7-22(30)17-24(23)29(38)35(32-25)19-27(36)31-10-5-11-33-12-14-34(15-13-33)26-9-6-20(2)16-21(26)3/h6-9,16-17H,4-5,10-15,18-19H2,1-3H3,(H,31,36). The van der Waals surface area contributed by atoms with Gasteiger partial charge >= 0.3 is 5.97 Å². The fourth-order valence-electron chi connectivity index (χ4n) is 5.01. The summed E-state index contributed by atoms with van der Waals surface area (Å²) in [5, 5.41) is 7.52. The second kappa shape index (κ2) is 12.8. The molecule has 10 heteroatoms. The maximum atomic E-state index is 13.9. The highest BCUT2D eigenvalue weighted by Crippen LogP contribution is 2.22. The molecule has 1 aliphatic heterocycles. The molecule has 1 aromatic heterocycles. The van der Waals surface area contributed by atoms with Gasteiger partial charge in [0.25, 0.3) is 5.56 Å². The van der Waals surface area contributed by atoms with Crippen molar-refractivity contribution >= 4 is 28.3 Å². The number of piperazine rings is 1. The quantitative estimate of drug-likeness (QED) is 0.314. The van der Waals surface area contributed by atoms with Crippen LogP contribution in [0.1, 0.15) is 30.2 Å². The first kappa shape index (κ1) is 28.2. The Morgan fingerprint density at radius 2 is 1.82 bits per heavy atom. The third kappa shape index (κ3) is 7.20. The summed E-state index contributed by atoms with van der Waals surface area (Å²) in [6, 6.07) is 10.3. The Kier molecular flexibility index (Phi) is 9.29. The van der Waals surface area contributed by atoms with Gasteiger partial charge in [-0.3, -0.25) is 19.3 Å². The van der Waals surface area contributed by atoms with Crippen molar-refractivity contribution in [1.29, 1.82) is 0 Å². The third-order valence-electron chi connectivity index (χ3n) is 6.95. The summed E-state index contributed by atoms with van der Waals surface area (Å²) in [4.78, 5) is 42.4. The minimum absolute atomic E-state index is 0.0667. The van der Waals surface area contributed by atoms with Crippen molar-refractivity contribution in [1.82, 2.24) is 20.0 Å². The van der Waals surface area contributed by atoms with Crippen molar-refractivity contribution in [3.05, 3.63) is 69.4 Å². The first-order valence-corrected chi connectivity index (χ1v) is 13.4. The Balaban J connectivity index is 1.29. The number of hydrogen-bond donors (Lipinski definition) is 1. The molecule has 1 aliphatic rings. The van der Waals surface area contributed by atoms with Crippen LogP contribution in [-0.2, 0) is 27.3 Å². The van der Waals surface area contributed by atoms with Gasteiger partial charge in [-0.25, -0.2) is 9.07 Å². The highest BCUT2D eigenvalue weighted by molar-refractivity contribution is 5.87. The summed E-state index contributed by atoms with van der Waals surface area (Å²) in [5.41, 5.74) is 3.52. The number of aromatic nitrogens is 2. The Bertz CT molecular complexity index is 1400. The SMILES string of the molecule is CCOC(=O)Cc1nn(CC(=O)NCCCN2CCN(c3ccc(C)cc3C)CC2)c(=O)c2cc(F)ccc12. The maximum absolute atomic E-state index is 13.9. The van der Waals surface area contributed by atoms with Gasteiger partial charge in [-0.2, -0.15) is 5.10 Å². The Morgan fingerprint density at radius 1 is 1.05 bits per heavy atom. The molecular formula is C29H36FN5O4. The average Bonchev–Trinajstić information content (AvgIpc) is 2.90. The molecule has 3 aromatic rings. The molecule has 0 unspecified atom stereocenters. The summed E-state index contributed by atoms with van der Waals surface area (Å²) in [5.74, 6) is -1.47. The number of rotatable bonds is 10. The zero-order chi connectivity index (χ0) is 27.9. The summed E-state index contributed by atoms with van der Waals surface area (Å²) in [7, 11) is 0. The van der Waals surface area contributed by atoms with Crippen molar-refractivity contribution in [3.63, 3.8) is 0 Å². The second-order valence-electron chi connectivity index (χ2n) is 9.90. The number of nitrogens with zero attached hydrogens (tertiary/aromatic N) is 4. The van der Waals surface area contributed by atoms with Crippen molar-refractivity contribution in [2.24, 2.45) is 0 Å². The van der Waals surface area contributed by atoms with E-state index in [4.69, 9.17) is 4.74 Å². The Labute approximate surface area is 227 Å². The first-order valence-electron chi connectivity index (χ1n) is 13.4. The van der Waals surface area contributed by atoms with Crippen LogP contribution in [0.25, 0.3) is 10.8 Å². The zero-order valence-electron chi connectivity index (χ0n) is 22.8. The van der Waals surface area contributed by atoms with Gasteiger partial charge in [-0.05, 0) is 63.6 Å². The molecule has 2 heterocycles. The number of ether oxygens (including phenoxy) is 1. The molecule has 39 heavy (non-hydrogen) atoms. The van der Waals surface area contributed by atoms with E-state index in [0.29, 0.717) is 11.9 Å². The van der Waals surface area contributed by atoms with E-state index in [-0.39, 0.29) is 36.6 Å². The lowest BCUT2D eigenvalue weighted by Crippen LogP contribution is -2.47. The number of amides is 1. The molecule has 0 atom stereocenters. The van der Waals surface area contributed by atoms with Gasteiger partial charge in [0, 0.05) is 43.8 Å². The smallest absolute Gasteiger partial charge is 0.311 e. The molecule has 1 N–H and O–H groups in total. The minimum Gasteiger partial charge on any atom is -0.466 e. The third-order valence-corrected chi connectivity index (χ3v) is 6.95. The largest absolute Gasteiger partial charge is 0.466 e. The van der Waals surface area contributed by atoms with E-state index in [2.05, 4.69) is 52.3 Å². The van der Waals surface area contributed by atoms with Crippen molar-refractivity contribution in [3.8, 4) is 0 Å². The highest BCUT2D eigenvalue weighted by Gasteiger charge is 2.19. The van der Waals surface area contributed by atoms with E-state index in [1.165, 1.54) is 28.9 Å². The zero-order valence-corrected chi connectivity index (χ0v) is 22.8. The summed E-state index contributed by atoms with van der Waals surface area (Å²) >= 11 is 0. The van der Waals surface area contributed by atoms with Crippen LogP contribution < -0.4 is 15.8 Å². The molecule has 0 bridgehead atoms. The van der Waals surface area contributed by atoms with Gasteiger partial charge in [0.2, 0.25) is 5.91 Å². The normalized spacial score (nSPS) is 14.0. The predicted molar refractivity (Wildman–Crippen MR) is 148 cm³/mol. The van der Waals surface area contributed by atoms with Gasteiger partial charge < -0.3 is 15.0 Å². The lowest BCUT2D eigenvalue weighted by atomic mass is 10.1. The summed E-state index contributed by atoms with van der Waals surface area (Å²) < 4.78 is 19.9. The molecule has 2 aromatic carbocycles. The van der Waals surface area contributed by atoms with Crippen LogP contribution in [0.15, 0.2) is 41.2 Å². The van der Waals surface area contributed by atoms with Crippen LogP contribution >= 0.6 is 0 Å². The summed E-state index contributed by atoms with van der Waals surface area (Å²) in [6.07, 6.45) is 0.587. The number of hydrogen-bond acceptors (Lipinski definition) is 7. The van der Waals surface area contributed by atoms with Crippen molar-refractivity contribution < 1.29 is 18.7 Å². The Hall–Kier alpha value is -3.79. The maximum Gasteiger partial charge on any atom is 0.311 e. The van der Waals surface area contributed by atoms with E-state index in [1.807, 2.05) is 0 Å². The van der Waals surface area contributed by atoms with Crippen LogP contribution in [-0.4, -0.2) is 72.4 Å². The second-order valence-corrected chi connectivity index (χ2v) is 9.90. The molecule has 1 fully saturated rings. The fraction of sp³-hybridized carbons (Fsp3) is 0.448. The molecule has 1 saturated heterocycles. The van der Waals surface area contributed by atoms with Gasteiger partial charge in [0.05, 0.1) is 24.1 Å². The highest BCUT2D eigenvalue weighted by atomic mass is 19.1. The van der Waals surface area contributed by atoms with Crippen LogP contribution in [0, 0.1) is 19.7 Å². The number of carbonyl (C=O) groups is 2. The number of esters is 1. The average molecular weight is 538 g/mol. The molecular weight excluding hydrogens is 501 g/mol. The number of fused-ring (bicyclic) bond motifs is 1. The van der Waals surface area contributed by atoms with Crippen LogP contribution in [0.4, 0.5) is 10.1 Å². The first-order chi connectivity index (χ1) is 18.7. The van der Waals surface area contributed by atoms with Crippen LogP contribution in [0.5, 0.6) is 0 Å². The van der Waals surface area contributed by atoms with E-state index in [1.54, 1.807) is 6.92 Å².